The molecule has 1 aromatic rings. The summed E-state index contributed by atoms with van der Waals surface area (Å²) in [6, 6.07) is 2.06. The van der Waals surface area contributed by atoms with Crippen LogP contribution in [0.4, 0.5) is 11.6 Å². The van der Waals surface area contributed by atoms with Crippen LogP contribution in [0.1, 0.15) is 32.0 Å². The van der Waals surface area contributed by atoms with E-state index in [4.69, 9.17) is 5.73 Å². The number of hydrogen-bond acceptors (Lipinski definition) is 5. The van der Waals surface area contributed by atoms with Gasteiger partial charge in [-0.1, -0.05) is 0 Å². The van der Waals surface area contributed by atoms with E-state index in [9.17, 15) is 0 Å². The molecule has 1 fully saturated rings. The summed E-state index contributed by atoms with van der Waals surface area (Å²) in [5.41, 5.74) is 5.64. The van der Waals surface area contributed by atoms with Gasteiger partial charge in [-0.2, -0.15) is 0 Å². The van der Waals surface area contributed by atoms with Crippen molar-refractivity contribution in [2.24, 2.45) is 11.7 Å². The van der Waals surface area contributed by atoms with Crippen molar-refractivity contribution in [3.63, 3.8) is 0 Å². The standard InChI is InChI=1S/C14H25N5/c1-3-16-13-10-14(18-11(2)17-13)19-8-5-12(4-7-15)6-9-19/h10,12H,3-9,15H2,1-2H3,(H,16,17,18). The first-order chi connectivity index (χ1) is 9.22. The fraction of sp³-hybridized carbons (Fsp3) is 0.714. The maximum absolute atomic E-state index is 5.64. The van der Waals surface area contributed by atoms with Crippen molar-refractivity contribution in [1.29, 1.82) is 0 Å². The Hall–Kier alpha value is -1.36. The van der Waals surface area contributed by atoms with Crippen LogP contribution in [0.25, 0.3) is 0 Å². The van der Waals surface area contributed by atoms with Gasteiger partial charge in [-0.3, -0.25) is 0 Å². The predicted molar refractivity (Wildman–Crippen MR) is 79.5 cm³/mol. The largest absolute Gasteiger partial charge is 0.370 e. The van der Waals surface area contributed by atoms with Gasteiger partial charge in [0.15, 0.2) is 0 Å². The van der Waals surface area contributed by atoms with Crippen LogP contribution in [0, 0.1) is 12.8 Å². The van der Waals surface area contributed by atoms with Gasteiger partial charge in [0.2, 0.25) is 0 Å². The minimum absolute atomic E-state index is 0.789. The van der Waals surface area contributed by atoms with E-state index in [1.807, 2.05) is 6.92 Å². The summed E-state index contributed by atoms with van der Waals surface area (Å²) in [6.45, 7) is 7.87. The van der Waals surface area contributed by atoms with Gasteiger partial charge < -0.3 is 16.0 Å². The molecule has 1 aliphatic rings. The number of nitrogens with one attached hydrogen (secondary N) is 1. The highest BCUT2D eigenvalue weighted by atomic mass is 15.2. The molecule has 1 aliphatic heterocycles. The Morgan fingerprint density at radius 3 is 2.74 bits per heavy atom. The SMILES string of the molecule is CCNc1cc(N2CCC(CCN)CC2)nc(C)n1. The molecule has 3 N–H and O–H groups in total. The Kier molecular flexibility index (Phi) is 4.96. The average Bonchev–Trinajstić information content (AvgIpc) is 2.40. The van der Waals surface area contributed by atoms with Gasteiger partial charge in [0.25, 0.3) is 0 Å². The van der Waals surface area contributed by atoms with Crippen LogP contribution in [0.3, 0.4) is 0 Å². The van der Waals surface area contributed by atoms with Crippen LogP contribution >= 0.6 is 0 Å². The third-order valence-electron chi connectivity index (χ3n) is 3.70. The predicted octanol–water partition coefficient (Wildman–Crippen LogP) is 1.78. The fourth-order valence-corrected chi connectivity index (χ4v) is 2.67. The van der Waals surface area contributed by atoms with Crippen molar-refractivity contribution in [2.45, 2.75) is 33.1 Å². The van der Waals surface area contributed by atoms with Crippen molar-refractivity contribution in [1.82, 2.24) is 9.97 Å². The normalized spacial score (nSPS) is 16.7. The van der Waals surface area contributed by atoms with Crippen LogP contribution < -0.4 is 16.0 Å². The number of nitrogens with zero attached hydrogens (tertiary/aromatic N) is 3. The molecule has 5 nitrogen and oxygen atoms in total. The van der Waals surface area contributed by atoms with Gasteiger partial charge >= 0.3 is 0 Å². The second-order valence-corrected chi connectivity index (χ2v) is 5.20. The van der Waals surface area contributed by atoms with Gasteiger partial charge in [-0.05, 0) is 45.6 Å². The van der Waals surface area contributed by atoms with Gasteiger partial charge in [0.1, 0.15) is 17.5 Å². The van der Waals surface area contributed by atoms with Gasteiger partial charge in [-0.25, -0.2) is 9.97 Å². The number of piperidine rings is 1. The Morgan fingerprint density at radius 2 is 2.11 bits per heavy atom. The summed E-state index contributed by atoms with van der Waals surface area (Å²) in [5, 5.41) is 3.26. The first-order valence-corrected chi connectivity index (χ1v) is 7.27. The number of rotatable bonds is 5. The van der Waals surface area contributed by atoms with E-state index in [0.29, 0.717) is 0 Å². The summed E-state index contributed by atoms with van der Waals surface area (Å²) in [7, 11) is 0. The molecule has 2 heterocycles. The molecule has 0 aliphatic carbocycles. The van der Waals surface area contributed by atoms with E-state index in [1.54, 1.807) is 0 Å². The van der Waals surface area contributed by atoms with Crippen molar-refractivity contribution >= 4 is 11.6 Å². The quantitative estimate of drug-likeness (QED) is 0.847. The average molecular weight is 263 g/mol. The Bertz CT molecular complexity index is 399. The zero-order chi connectivity index (χ0) is 13.7. The van der Waals surface area contributed by atoms with Crippen molar-refractivity contribution in [2.75, 3.05) is 36.4 Å². The molecule has 0 spiro atoms. The molecule has 106 valence electrons. The van der Waals surface area contributed by atoms with Crippen LogP contribution in [0.15, 0.2) is 6.07 Å². The Morgan fingerprint density at radius 1 is 1.37 bits per heavy atom. The summed E-state index contributed by atoms with van der Waals surface area (Å²) in [6.07, 6.45) is 3.59. The lowest BCUT2D eigenvalue weighted by atomic mass is 9.94. The van der Waals surface area contributed by atoms with Crippen molar-refractivity contribution < 1.29 is 0 Å². The molecule has 19 heavy (non-hydrogen) atoms. The van der Waals surface area contributed by atoms with Gasteiger partial charge in [-0.15, -0.1) is 0 Å². The highest BCUT2D eigenvalue weighted by molar-refractivity contribution is 5.49. The third-order valence-corrected chi connectivity index (χ3v) is 3.70. The maximum atomic E-state index is 5.64. The molecule has 1 saturated heterocycles. The van der Waals surface area contributed by atoms with E-state index in [2.05, 4.69) is 33.2 Å². The number of hydrogen-bond donors (Lipinski definition) is 2. The third kappa shape index (κ3) is 3.80. The zero-order valence-electron chi connectivity index (χ0n) is 12.0. The number of anilines is 2. The Labute approximate surface area is 115 Å². The number of aromatic nitrogens is 2. The Balaban J connectivity index is 2.02. The highest BCUT2D eigenvalue weighted by Gasteiger charge is 2.20. The van der Waals surface area contributed by atoms with E-state index in [1.165, 1.54) is 12.8 Å². The summed E-state index contributed by atoms with van der Waals surface area (Å²) >= 11 is 0. The second kappa shape index (κ2) is 6.70. The highest BCUT2D eigenvalue weighted by Crippen LogP contribution is 2.24. The van der Waals surface area contributed by atoms with Crippen LogP contribution in [-0.4, -0.2) is 36.1 Å². The monoisotopic (exact) mass is 263 g/mol. The van der Waals surface area contributed by atoms with Crippen LogP contribution in [0.2, 0.25) is 0 Å². The smallest absolute Gasteiger partial charge is 0.134 e. The minimum atomic E-state index is 0.789. The molecule has 0 unspecified atom stereocenters. The van der Waals surface area contributed by atoms with E-state index < -0.39 is 0 Å². The lowest BCUT2D eigenvalue weighted by molar-refractivity contribution is 0.385. The fourth-order valence-electron chi connectivity index (χ4n) is 2.67. The number of aryl methyl sites for hydroxylation is 1. The first kappa shape index (κ1) is 14.1. The molecule has 1 aromatic heterocycles. The molecule has 0 radical (unpaired) electrons. The van der Waals surface area contributed by atoms with Crippen LogP contribution in [0.5, 0.6) is 0 Å². The maximum Gasteiger partial charge on any atom is 0.134 e. The molecule has 5 heteroatoms. The first-order valence-electron chi connectivity index (χ1n) is 7.27. The summed E-state index contributed by atoms with van der Waals surface area (Å²) < 4.78 is 0. The lowest BCUT2D eigenvalue weighted by Crippen LogP contribution is -2.35. The second-order valence-electron chi connectivity index (χ2n) is 5.20. The molecule has 2 rings (SSSR count). The number of nitrogens with two attached hydrogens (primary N) is 1. The van der Waals surface area contributed by atoms with E-state index in [0.717, 1.165) is 56.0 Å². The lowest BCUT2D eigenvalue weighted by Gasteiger charge is -2.32. The zero-order valence-corrected chi connectivity index (χ0v) is 12.0. The summed E-state index contributed by atoms with van der Waals surface area (Å²) in [4.78, 5) is 11.3. The molecular formula is C14H25N5. The minimum Gasteiger partial charge on any atom is -0.370 e. The van der Waals surface area contributed by atoms with E-state index >= 15 is 0 Å². The van der Waals surface area contributed by atoms with Crippen molar-refractivity contribution in [3.8, 4) is 0 Å². The molecule has 0 bridgehead atoms. The molecule has 0 atom stereocenters. The van der Waals surface area contributed by atoms with Gasteiger partial charge in [0, 0.05) is 25.7 Å². The van der Waals surface area contributed by atoms with Crippen molar-refractivity contribution in [3.05, 3.63) is 11.9 Å². The molecule has 0 aromatic carbocycles. The van der Waals surface area contributed by atoms with Gasteiger partial charge in [0.05, 0.1) is 0 Å². The summed E-state index contributed by atoms with van der Waals surface area (Å²) in [5.74, 6) is 3.60. The van der Waals surface area contributed by atoms with E-state index in [-0.39, 0.29) is 0 Å². The molecule has 0 amide bonds. The molecule has 0 saturated carbocycles. The topological polar surface area (TPSA) is 67.1 Å². The van der Waals surface area contributed by atoms with Crippen LogP contribution in [-0.2, 0) is 0 Å². The molecular weight excluding hydrogens is 238 g/mol.